The third kappa shape index (κ3) is 2.81. The normalized spacial score (nSPS) is 12.5. The summed E-state index contributed by atoms with van der Waals surface area (Å²) >= 11 is 0. The average molecular weight is 229 g/mol. The molecule has 0 fully saturated rings. The first-order valence-corrected chi connectivity index (χ1v) is 5.74. The lowest BCUT2D eigenvalue weighted by molar-refractivity contribution is -0.141. The minimum Gasteiger partial charge on any atom is -0.481 e. The van der Waals surface area contributed by atoms with Crippen molar-refractivity contribution >= 4 is 16.9 Å². The maximum Gasteiger partial charge on any atom is 0.306 e. The molecule has 0 radical (unpaired) electrons. The number of fused-ring (bicyclic) bond motifs is 1. The van der Waals surface area contributed by atoms with Crippen LogP contribution in [-0.4, -0.2) is 16.1 Å². The van der Waals surface area contributed by atoms with Crippen LogP contribution in [-0.2, 0) is 11.2 Å². The number of para-hydroxylation sites is 1. The Labute approximate surface area is 100 Å². The van der Waals surface area contributed by atoms with Gasteiger partial charge in [0.25, 0.3) is 0 Å². The molecule has 2 rings (SSSR count). The van der Waals surface area contributed by atoms with Gasteiger partial charge in [-0.25, -0.2) is 0 Å². The van der Waals surface area contributed by atoms with Crippen molar-refractivity contribution in [1.82, 2.24) is 4.98 Å². The zero-order valence-electron chi connectivity index (χ0n) is 9.76. The van der Waals surface area contributed by atoms with Crippen LogP contribution in [0.3, 0.4) is 0 Å². The van der Waals surface area contributed by atoms with E-state index in [9.17, 15) is 4.79 Å². The van der Waals surface area contributed by atoms with Crippen LogP contribution in [0, 0.1) is 5.92 Å². The number of aliphatic carboxylic acids is 1. The van der Waals surface area contributed by atoms with E-state index in [1.807, 2.05) is 36.4 Å². The maximum absolute atomic E-state index is 10.7. The molecular weight excluding hydrogens is 214 g/mol. The van der Waals surface area contributed by atoms with Gasteiger partial charge in [-0.05, 0) is 25.0 Å². The second-order valence-corrected chi connectivity index (χ2v) is 4.27. The average Bonchev–Trinajstić information content (AvgIpc) is 2.35. The van der Waals surface area contributed by atoms with Crippen molar-refractivity contribution in [3.63, 3.8) is 0 Å². The monoisotopic (exact) mass is 229 g/mol. The minimum absolute atomic E-state index is 0.316. The summed E-state index contributed by atoms with van der Waals surface area (Å²) in [5, 5.41) is 9.92. The van der Waals surface area contributed by atoms with Gasteiger partial charge >= 0.3 is 5.97 Å². The highest BCUT2D eigenvalue weighted by Crippen LogP contribution is 2.14. The number of pyridine rings is 1. The summed E-state index contributed by atoms with van der Waals surface area (Å²) in [6.07, 6.45) is 1.33. The molecule has 1 aromatic heterocycles. The third-order valence-electron chi connectivity index (χ3n) is 2.91. The van der Waals surface area contributed by atoms with Crippen molar-refractivity contribution in [2.75, 3.05) is 0 Å². The molecule has 0 saturated carbocycles. The second-order valence-electron chi connectivity index (χ2n) is 4.27. The number of carboxylic acids is 1. The number of rotatable bonds is 4. The fourth-order valence-electron chi connectivity index (χ4n) is 1.74. The first kappa shape index (κ1) is 11.6. The van der Waals surface area contributed by atoms with Crippen LogP contribution in [0.2, 0.25) is 0 Å². The zero-order chi connectivity index (χ0) is 12.3. The lowest BCUT2D eigenvalue weighted by Gasteiger charge is -2.06. The van der Waals surface area contributed by atoms with Gasteiger partial charge in [0.2, 0.25) is 0 Å². The van der Waals surface area contributed by atoms with Gasteiger partial charge in [-0.15, -0.1) is 0 Å². The summed E-state index contributed by atoms with van der Waals surface area (Å²) in [5.41, 5.74) is 1.92. The minimum atomic E-state index is -0.745. The third-order valence-corrected chi connectivity index (χ3v) is 2.91. The Balaban J connectivity index is 2.12. The highest BCUT2D eigenvalue weighted by atomic mass is 16.4. The van der Waals surface area contributed by atoms with Crippen molar-refractivity contribution in [3.05, 3.63) is 42.1 Å². The van der Waals surface area contributed by atoms with Gasteiger partial charge in [0.05, 0.1) is 11.4 Å². The first-order valence-electron chi connectivity index (χ1n) is 5.74. The Hall–Kier alpha value is -1.90. The molecule has 88 valence electrons. The van der Waals surface area contributed by atoms with E-state index < -0.39 is 5.97 Å². The zero-order valence-corrected chi connectivity index (χ0v) is 9.76. The van der Waals surface area contributed by atoms with E-state index in [1.54, 1.807) is 6.92 Å². The van der Waals surface area contributed by atoms with E-state index in [4.69, 9.17) is 5.11 Å². The molecule has 0 amide bonds. The van der Waals surface area contributed by atoms with Crippen LogP contribution in [0.4, 0.5) is 0 Å². The second kappa shape index (κ2) is 4.95. The number of hydrogen-bond donors (Lipinski definition) is 1. The molecule has 1 unspecified atom stereocenters. The molecule has 3 heteroatoms. The Morgan fingerprint density at radius 2 is 2.06 bits per heavy atom. The van der Waals surface area contributed by atoms with Gasteiger partial charge in [0.1, 0.15) is 0 Å². The number of aromatic nitrogens is 1. The molecule has 2 aromatic rings. The molecule has 0 bridgehead atoms. The van der Waals surface area contributed by atoms with E-state index in [0.717, 1.165) is 16.6 Å². The van der Waals surface area contributed by atoms with Crippen LogP contribution in [0.1, 0.15) is 19.0 Å². The predicted molar refractivity (Wildman–Crippen MR) is 66.9 cm³/mol. The summed E-state index contributed by atoms with van der Waals surface area (Å²) < 4.78 is 0. The van der Waals surface area contributed by atoms with Gasteiger partial charge in [-0.1, -0.05) is 31.2 Å². The highest BCUT2D eigenvalue weighted by molar-refractivity contribution is 5.78. The number of aryl methyl sites for hydroxylation is 1. The standard InChI is InChI=1S/C14H15NO2/c1-10(14(16)17)6-8-12-9-7-11-4-2-3-5-13(11)15-12/h2-5,7,9-10H,6,8H2,1H3,(H,16,17). The van der Waals surface area contributed by atoms with Crippen molar-refractivity contribution in [3.8, 4) is 0 Å². The molecule has 0 aliphatic rings. The lowest BCUT2D eigenvalue weighted by Crippen LogP contribution is -2.10. The van der Waals surface area contributed by atoms with E-state index in [-0.39, 0.29) is 5.92 Å². The van der Waals surface area contributed by atoms with Crippen LogP contribution in [0.25, 0.3) is 10.9 Å². The number of carboxylic acid groups (broad SMARTS) is 1. The molecule has 0 aliphatic heterocycles. The van der Waals surface area contributed by atoms with Crippen LogP contribution in [0.5, 0.6) is 0 Å². The fraction of sp³-hybridized carbons (Fsp3) is 0.286. The van der Waals surface area contributed by atoms with Crippen LogP contribution >= 0.6 is 0 Å². The first-order chi connectivity index (χ1) is 8.16. The number of nitrogens with zero attached hydrogens (tertiary/aromatic N) is 1. The molecule has 1 N–H and O–H groups in total. The Bertz CT molecular complexity index is 536. The topological polar surface area (TPSA) is 50.2 Å². The molecule has 1 aromatic carbocycles. The number of hydrogen-bond acceptors (Lipinski definition) is 2. The molecule has 3 nitrogen and oxygen atoms in total. The van der Waals surface area contributed by atoms with Crippen molar-refractivity contribution in [1.29, 1.82) is 0 Å². The predicted octanol–water partition coefficient (Wildman–Crippen LogP) is 2.89. The van der Waals surface area contributed by atoms with Gasteiger partial charge in [0.15, 0.2) is 0 Å². The van der Waals surface area contributed by atoms with Crippen molar-refractivity contribution in [2.45, 2.75) is 19.8 Å². The van der Waals surface area contributed by atoms with Gasteiger partial charge < -0.3 is 5.11 Å². The van der Waals surface area contributed by atoms with E-state index in [2.05, 4.69) is 4.98 Å². The van der Waals surface area contributed by atoms with Gasteiger partial charge in [0, 0.05) is 11.1 Å². The number of carbonyl (C=O) groups is 1. The summed E-state index contributed by atoms with van der Waals surface area (Å²) in [7, 11) is 0. The summed E-state index contributed by atoms with van der Waals surface area (Å²) in [6.45, 7) is 1.73. The summed E-state index contributed by atoms with van der Waals surface area (Å²) in [4.78, 5) is 15.2. The molecule has 1 atom stereocenters. The maximum atomic E-state index is 10.7. The Morgan fingerprint density at radius 1 is 1.29 bits per heavy atom. The molecule has 1 heterocycles. The van der Waals surface area contributed by atoms with Crippen molar-refractivity contribution < 1.29 is 9.90 Å². The molecule has 0 aliphatic carbocycles. The van der Waals surface area contributed by atoms with Gasteiger partial charge in [-0.2, -0.15) is 0 Å². The molecular formula is C14H15NO2. The Kier molecular flexibility index (Phi) is 3.38. The molecule has 0 saturated heterocycles. The summed E-state index contributed by atoms with van der Waals surface area (Å²) in [6, 6.07) is 11.9. The smallest absolute Gasteiger partial charge is 0.306 e. The van der Waals surface area contributed by atoms with E-state index in [0.29, 0.717) is 12.8 Å². The lowest BCUT2D eigenvalue weighted by atomic mass is 10.0. The summed E-state index contributed by atoms with van der Waals surface area (Å²) in [5.74, 6) is -1.06. The van der Waals surface area contributed by atoms with Crippen molar-refractivity contribution in [2.24, 2.45) is 5.92 Å². The van der Waals surface area contributed by atoms with Crippen LogP contribution in [0.15, 0.2) is 36.4 Å². The van der Waals surface area contributed by atoms with E-state index in [1.165, 1.54) is 0 Å². The molecule has 0 spiro atoms. The van der Waals surface area contributed by atoms with Gasteiger partial charge in [-0.3, -0.25) is 9.78 Å². The highest BCUT2D eigenvalue weighted by Gasteiger charge is 2.10. The van der Waals surface area contributed by atoms with E-state index >= 15 is 0 Å². The Morgan fingerprint density at radius 3 is 2.82 bits per heavy atom. The largest absolute Gasteiger partial charge is 0.481 e. The quantitative estimate of drug-likeness (QED) is 0.877. The number of benzene rings is 1. The van der Waals surface area contributed by atoms with Crippen LogP contribution < -0.4 is 0 Å². The molecule has 17 heavy (non-hydrogen) atoms. The fourth-order valence-corrected chi connectivity index (χ4v) is 1.74. The SMILES string of the molecule is CC(CCc1ccc2ccccc2n1)C(=O)O.